The highest BCUT2D eigenvalue weighted by Crippen LogP contribution is 2.36. The average Bonchev–Trinajstić information content (AvgIpc) is 3.11. The maximum atomic E-state index is 12.2. The van der Waals surface area contributed by atoms with E-state index in [1.54, 1.807) is 24.3 Å². The molecule has 0 aliphatic carbocycles. The highest BCUT2D eigenvalue weighted by atomic mass is 32.2. The Balaban J connectivity index is 1.82. The summed E-state index contributed by atoms with van der Waals surface area (Å²) in [5, 5.41) is 4.12. The number of thioether (sulfide) groups is 1. The molecule has 0 aromatic heterocycles. The van der Waals surface area contributed by atoms with Crippen LogP contribution in [0.2, 0.25) is 0 Å². The fourth-order valence-electron chi connectivity index (χ4n) is 2.42. The summed E-state index contributed by atoms with van der Waals surface area (Å²) in [4.78, 5) is 4.39. The van der Waals surface area contributed by atoms with Crippen LogP contribution < -0.4 is 0 Å². The van der Waals surface area contributed by atoms with E-state index in [1.165, 1.54) is 23.9 Å². The van der Waals surface area contributed by atoms with E-state index in [-0.39, 0.29) is 4.90 Å². The third kappa shape index (κ3) is 4.30. The molecule has 0 bridgehead atoms. The molecular weight excluding hydrogens is 380 g/mol. The van der Waals surface area contributed by atoms with Gasteiger partial charge in [-0.15, -0.1) is 0 Å². The van der Waals surface area contributed by atoms with Gasteiger partial charge in [-0.05, 0) is 37.6 Å². The van der Waals surface area contributed by atoms with Crippen molar-refractivity contribution in [1.82, 2.24) is 0 Å². The molecule has 1 aliphatic rings. The van der Waals surface area contributed by atoms with Crippen molar-refractivity contribution in [2.75, 3.05) is 0 Å². The van der Waals surface area contributed by atoms with Gasteiger partial charge in [0.25, 0.3) is 0 Å². The molecule has 0 radical (unpaired) electrons. The lowest BCUT2D eigenvalue weighted by atomic mass is 10.1. The van der Waals surface area contributed by atoms with Gasteiger partial charge in [0.2, 0.25) is 5.70 Å². The van der Waals surface area contributed by atoms with E-state index in [0.29, 0.717) is 15.6 Å². The largest absolute Gasteiger partial charge is 0.358 e. The quantitative estimate of drug-likeness (QED) is 0.544. The summed E-state index contributed by atoms with van der Waals surface area (Å²) < 4.78 is 29.2. The van der Waals surface area contributed by atoms with E-state index < -0.39 is 10.1 Å². The highest BCUT2D eigenvalue weighted by molar-refractivity contribution is 8.18. The lowest BCUT2D eigenvalue weighted by Crippen LogP contribution is -2.03. The smallest absolute Gasteiger partial charge is 0.264 e. The topological polar surface area (TPSA) is 60.1 Å². The average molecular weight is 396 g/mol. The summed E-state index contributed by atoms with van der Waals surface area (Å²) in [7, 11) is -3.98. The predicted molar refractivity (Wildman–Crippen MR) is 108 cm³/mol. The van der Waals surface area contributed by atoms with Gasteiger partial charge in [-0.2, -0.15) is 8.42 Å². The standard InChI is InChI=1S/C20H16N2O3S2/c1-14-8-10-16(11-9-14)27(23,24)25-22-19-13-12-18(26-19)20(21-3)17-7-5-4-6-15(17)2/h4-13H,1-2H3. The van der Waals surface area contributed by atoms with Gasteiger partial charge in [0.1, 0.15) is 9.94 Å². The van der Waals surface area contributed by atoms with Crippen LogP contribution in [-0.2, 0) is 14.4 Å². The highest BCUT2D eigenvalue weighted by Gasteiger charge is 2.19. The summed E-state index contributed by atoms with van der Waals surface area (Å²) in [6.45, 7) is 11.3. The Kier molecular flexibility index (Phi) is 5.49. The molecule has 1 heterocycles. The summed E-state index contributed by atoms with van der Waals surface area (Å²) in [5.41, 5.74) is 3.29. The number of oxime groups is 1. The molecule has 0 spiro atoms. The molecule has 27 heavy (non-hydrogen) atoms. The Morgan fingerprint density at radius 2 is 1.78 bits per heavy atom. The molecule has 0 atom stereocenters. The predicted octanol–water partition coefficient (Wildman–Crippen LogP) is 4.91. The second-order valence-electron chi connectivity index (χ2n) is 5.85. The molecule has 0 unspecified atom stereocenters. The second kappa shape index (κ2) is 7.82. The number of rotatable bonds is 4. The molecule has 5 nitrogen and oxygen atoms in total. The van der Waals surface area contributed by atoms with Crippen molar-refractivity contribution in [1.29, 1.82) is 0 Å². The minimum atomic E-state index is -3.98. The monoisotopic (exact) mass is 396 g/mol. The van der Waals surface area contributed by atoms with Crippen LogP contribution in [0.25, 0.3) is 10.5 Å². The van der Waals surface area contributed by atoms with E-state index in [4.69, 9.17) is 10.9 Å². The van der Waals surface area contributed by atoms with Crippen LogP contribution in [0.15, 0.2) is 75.6 Å². The number of hydrogen-bond acceptors (Lipinski definition) is 5. The SMILES string of the molecule is [C-]#[N+]C(=C1C=CC(=NOS(=O)(=O)c2ccc(C)cc2)S1)c1ccccc1C. The van der Waals surface area contributed by atoms with E-state index in [1.807, 2.05) is 38.1 Å². The molecule has 3 rings (SSSR count). The lowest BCUT2D eigenvalue weighted by Gasteiger charge is -2.06. The Morgan fingerprint density at radius 3 is 2.44 bits per heavy atom. The van der Waals surface area contributed by atoms with E-state index in [9.17, 15) is 8.42 Å². The number of nitrogens with zero attached hydrogens (tertiary/aromatic N) is 2. The molecule has 0 saturated carbocycles. The maximum absolute atomic E-state index is 12.2. The van der Waals surface area contributed by atoms with E-state index in [0.717, 1.165) is 16.7 Å². The number of allylic oxidation sites excluding steroid dienone is 1. The van der Waals surface area contributed by atoms with Gasteiger partial charge in [-0.3, -0.25) is 4.28 Å². The molecule has 2 aromatic carbocycles. The minimum absolute atomic E-state index is 0.0435. The van der Waals surface area contributed by atoms with Crippen molar-refractivity contribution < 1.29 is 12.7 Å². The van der Waals surface area contributed by atoms with Crippen molar-refractivity contribution >= 4 is 32.6 Å². The Morgan fingerprint density at radius 1 is 1.07 bits per heavy atom. The van der Waals surface area contributed by atoms with Gasteiger partial charge in [-0.1, -0.05) is 70.5 Å². The first kappa shape index (κ1) is 19.0. The molecule has 0 N–H and O–H groups in total. The fraction of sp³-hybridized carbons (Fsp3) is 0.100. The molecule has 136 valence electrons. The van der Waals surface area contributed by atoms with Gasteiger partial charge in [0.05, 0.1) is 6.57 Å². The fourth-order valence-corrected chi connectivity index (χ4v) is 4.03. The number of aryl methyl sites for hydroxylation is 2. The summed E-state index contributed by atoms with van der Waals surface area (Å²) in [6, 6.07) is 14.0. The maximum Gasteiger partial charge on any atom is 0.358 e. The van der Waals surface area contributed by atoms with Gasteiger partial charge in [-0.25, -0.2) is 4.85 Å². The molecule has 7 heteroatoms. The van der Waals surface area contributed by atoms with Crippen LogP contribution in [0.4, 0.5) is 0 Å². The Bertz CT molecular complexity index is 1110. The number of hydrogen-bond donors (Lipinski definition) is 0. The molecule has 1 aliphatic heterocycles. The van der Waals surface area contributed by atoms with Crippen molar-refractivity contribution in [3.8, 4) is 0 Å². The lowest BCUT2D eigenvalue weighted by molar-refractivity contribution is 0.340. The van der Waals surface area contributed by atoms with Crippen molar-refractivity contribution in [3.05, 3.63) is 93.7 Å². The summed E-state index contributed by atoms with van der Waals surface area (Å²) in [5.74, 6) is 0. The van der Waals surface area contributed by atoms with Crippen LogP contribution >= 0.6 is 11.8 Å². The zero-order valence-corrected chi connectivity index (χ0v) is 16.3. The van der Waals surface area contributed by atoms with Crippen LogP contribution in [0.3, 0.4) is 0 Å². The Hall–Kier alpha value is -2.82. The Labute approximate surface area is 163 Å². The van der Waals surface area contributed by atoms with Crippen molar-refractivity contribution in [2.45, 2.75) is 18.7 Å². The third-order valence-electron chi connectivity index (χ3n) is 3.87. The molecule has 0 amide bonds. The zero-order valence-electron chi connectivity index (χ0n) is 14.7. The summed E-state index contributed by atoms with van der Waals surface area (Å²) >= 11 is 1.20. The van der Waals surface area contributed by atoms with Crippen molar-refractivity contribution in [2.24, 2.45) is 5.16 Å². The van der Waals surface area contributed by atoms with Gasteiger partial charge in [0.15, 0.2) is 0 Å². The first-order valence-electron chi connectivity index (χ1n) is 8.03. The second-order valence-corrected chi connectivity index (χ2v) is 8.44. The van der Waals surface area contributed by atoms with Gasteiger partial charge >= 0.3 is 10.1 Å². The number of benzene rings is 2. The van der Waals surface area contributed by atoms with Gasteiger partial charge in [0, 0.05) is 4.91 Å². The first-order chi connectivity index (χ1) is 12.9. The first-order valence-corrected chi connectivity index (χ1v) is 10.2. The van der Waals surface area contributed by atoms with E-state index in [2.05, 4.69) is 10.0 Å². The molecular formula is C20H16N2O3S2. The van der Waals surface area contributed by atoms with Gasteiger partial charge < -0.3 is 0 Å². The normalized spacial score (nSPS) is 17.0. The van der Waals surface area contributed by atoms with Crippen LogP contribution in [0.5, 0.6) is 0 Å². The molecule has 2 aromatic rings. The molecule has 0 fully saturated rings. The zero-order chi connectivity index (χ0) is 19.4. The van der Waals surface area contributed by atoms with Crippen LogP contribution in [0, 0.1) is 20.4 Å². The minimum Gasteiger partial charge on any atom is -0.264 e. The van der Waals surface area contributed by atoms with Crippen molar-refractivity contribution in [3.63, 3.8) is 0 Å². The third-order valence-corrected chi connectivity index (χ3v) is 5.96. The molecule has 0 saturated heterocycles. The van der Waals surface area contributed by atoms with E-state index >= 15 is 0 Å². The summed E-state index contributed by atoms with van der Waals surface area (Å²) in [6.07, 6.45) is 3.37. The van der Waals surface area contributed by atoms with Crippen LogP contribution in [-0.4, -0.2) is 13.5 Å². The van der Waals surface area contributed by atoms with Crippen LogP contribution in [0.1, 0.15) is 16.7 Å².